The molecule has 1 aliphatic heterocycles. The maximum Gasteiger partial charge on any atom is 0.407 e. The van der Waals surface area contributed by atoms with Gasteiger partial charge in [0.15, 0.2) is 0 Å². The van der Waals surface area contributed by atoms with Gasteiger partial charge < -0.3 is 15.4 Å². The van der Waals surface area contributed by atoms with Crippen molar-refractivity contribution < 1.29 is 13.9 Å². The third-order valence-corrected chi connectivity index (χ3v) is 2.02. The van der Waals surface area contributed by atoms with Crippen LogP contribution < -0.4 is 10.6 Å². The molecule has 0 aromatic rings. The van der Waals surface area contributed by atoms with Gasteiger partial charge in [-0.2, -0.15) is 0 Å². The molecule has 0 bridgehead atoms. The lowest BCUT2D eigenvalue weighted by Gasteiger charge is -2.28. The highest BCUT2D eigenvalue weighted by molar-refractivity contribution is 5.68. The zero-order valence-electron chi connectivity index (χ0n) is 9.47. The normalized spacial score (nSPS) is 27.2. The number of halogens is 1. The maximum absolute atomic E-state index is 13.0. The molecule has 2 atom stereocenters. The van der Waals surface area contributed by atoms with Gasteiger partial charge in [-0.15, -0.1) is 0 Å². The van der Waals surface area contributed by atoms with Gasteiger partial charge in [-0.3, -0.25) is 0 Å². The molecule has 5 heteroatoms. The molecule has 1 heterocycles. The second kappa shape index (κ2) is 4.79. The summed E-state index contributed by atoms with van der Waals surface area (Å²) in [6, 6.07) is -0.177. The van der Waals surface area contributed by atoms with Crippen LogP contribution >= 0.6 is 0 Å². The van der Waals surface area contributed by atoms with Gasteiger partial charge in [-0.25, -0.2) is 9.18 Å². The highest BCUT2D eigenvalue weighted by atomic mass is 19.1. The third kappa shape index (κ3) is 4.97. The summed E-state index contributed by atoms with van der Waals surface area (Å²) in [7, 11) is 0. The Morgan fingerprint density at radius 2 is 2.13 bits per heavy atom. The molecule has 0 radical (unpaired) electrons. The van der Waals surface area contributed by atoms with Crippen LogP contribution in [0.5, 0.6) is 0 Å². The fourth-order valence-corrected chi connectivity index (χ4v) is 1.47. The quantitative estimate of drug-likeness (QED) is 0.695. The van der Waals surface area contributed by atoms with E-state index in [0.717, 1.165) is 0 Å². The van der Waals surface area contributed by atoms with E-state index in [2.05, 4.69) is 10.6 Å². The molecular formula is C10H19FN2O2. The summed E-state index contributed by atoms with van der Waals surface area (Å²) in [6.07, 6.45) is -1.02. The van der Waals surface area contributed by atoms with Crippen LogP contribution in [0.4, 0.5) is 9.18 Å². The number of hydrogen-bond donors (Lipinski definition) is 2. The van der Waals surface area contributed by atoms with Crippen molar-refractivity contribution in [3.8, 4) is 0 Å². The first-order valence-corrected chi connectivity index (χ1v) is 5.21. The lowest BCUT2D eigenvalue weighted by Crippen LogP contribution is -2.50. The lowest BCUT2D eigenvalue weighted by atomic mass is 10.1. The first-order chi connectivity index (χ1) is 6.87. The standard InChI is InChI=1S/C10H19FN2O2/c1-10(2,3)15-9(14)13-8-4-7(11)5-12-6-8/h7-8,12H,4-6H2,1-3H3,(H,13,14). The Kier molecular flexibility index (Phi) is 3.90. The molecular weight excluding hydrogens is 199 g/mol. The minimum absolute atomic E-state index is 0.177. The smallest absolute Gasteiger partial charge is 0.407 e. The monoisotopic (exact) mass is 218 g/mol. The van der Waals surface area contributed by atoms with E-state index in [1.165, 1.54) is 0 Å². The molecule has 4 nitrogen and oxygen atoms in total. The Hall–Kier alpha value is -0.840. The van der Waals surface area contributed by atoms with Crippen LogP contribution in [-0.4, -0.2) is 37.0 Å². The first kappa shape index (κ1) is 12.2. The molecule has 0 aromatic heterocycles. The number of amides is 1. The van der Waals surface area contributed by atoms with Gasteiger partial charge in [0.1, 0.15) is 11.8 Å². The highest BCUT2D eigenvalue weighted by Crippen LogP contribution is 2.09. The number of carbonyl (C=O) groups excluding carboxylic acids is 1. The molecule has 2 unspecified atom stereocenters. The van der Waals surface area contributed by atoms with Crippen LogP contribution in [-0.2, 0) is 4.74 Å². The molecule has 1 amide bonds. The van der Waals surface area contributed by atoms with Crippen LogP contribution in [0, 0.1) is 0 Å². The van der Waals surface area contributed by atoms with E-state index in [1.54, 1.807) is 20.8 Å². The van der Waals surface area contributed by atoms with Crippen LogP contribution in [0.25, 0.3) is 0 Å². The van der Waals surface area contributed by atoms with Crippen LogP contribution in [0.15, 0.2) is 0 Å². The number of carbonyl (C=O) groups is 1. The van der Waals surface area contributed by atoms with Gasteiger partial charge in [0.2, 0.25) is 0 Å². The van der Waals surface area contributed by atoms with Gasteiger partial charge in [-0.1, -0.05) is 0 Å². The van der Waals surface area contributed by atoms with Gasteiger partial charge in [0.05, 0.1) is 0 Å². The van der Waals surface area contributed by atoms with Crippen LogP contribution in [0.1, 0.15) is 27.2 Å². The van der Waals surface area contributed by atoms with Crippen LogP contribution in [0.2, 0.25) is 0 Å². The van der Waals surface area contributed by atoms with Crippen molar-refractivity contribution in [2.24, 2.45) is 0 Å². The summed E-state index contributed by atoms with van der Waals surface area (Å²) in [5, 5.41) is 5.55. The number of piperidine rings is 1. The molecule has 0 saturated carbocycles. The topological polar surface area (TPSA) is 50.4 Å². The van der Waals surface area contributed by atoms with Crippen molar-refractivity contribution in [3.05, 3.63) is 0 Å². The Morgan fingerprint density at radius 1 is 1.47 bits per heavy atom. The Labute approximate surface area is 89.6 Å². The summed E-state index contributed by atoms with van der Waals surface area (Å²) in [4.78, 5) is 11.4. The second-order valence-electron chi connectivity index (χ2n) is 4.83. The van der Waals surface area contributed by atoms with Crippen molar-refractivity contribution in [1.29, 1.82) is 0 Å². The number of ether oxygens (including phenoxy) is 1. The van der Waals surface area contributed by atoms with E-state index in [4.69, 9.17) is 4.74 Å². The average molecular weight is 218 g/mol. The predicted octanol–water partition coefficient (Wildman–Crippen LogP) is 1.21. The maximum atomic E-state index is 13.0. The molecule has 0 spiro atoms. The number of hydrogen-bond acceptors (Lipinski definition) is 3. The number of alkyl carbamates (subject to hydrolysis) is 1. The van der Waals surface area contributed by atoms with Gasteiger partial charge in [0, 0.05) is 25.6 Å². The molecule has 1 saturated heterocycles. The van der Waals surface area contributed by atoms with E-state index in [1.807, 2.05) is 0 Å². The fourth-order valence-electron chi connectivity index (χ4n) is 1.47. The molecule has 2 N–H and O–H groups in total. The Bertz CT molecular complexity index is 228. The first-order valence-electron chi connectivity index (χ1n) is 5.21. The summed E-state index contributed by atoms with van der Waals surface area (Å²) in [5.41, 5.74) is -0.513. The number of alkyl halides is 1. The minimum Gasteiger partial charge on any atom is -0.444 e. The van der Waals surface area contributed by atoms with Gasteiger partial charge in [0.25, 0.3) is 0 Å². The molecule has 1 aliphatic rings. The molecule has 1 rings (SSSR count). The number of nitrogens with one attached hydrogen (secondary N) is 2. The molecule has 88 valence electrons. The van der Waals surface area contributed by atoms with Crippen molar-refractivity contribution in [2.45, 2.75) is 45.0 Å². The minimum atomic E-state index is -0.890. The molecule has 1 fully saturated rings. The summed E-state index contributed by atoms with van der Waals surface area (Å²) < 4.78 is 18.0. The SMILES string of the molecule is CC(C)(C)OC(=O)NC1CNCC(F)C1. The van der Waals surface area contributed by atoms with Gasteiger partial charge >= 0.3 is 6.09 Å². The fraction of sp³-hybridized carbons (Fsp3) is 0.900. The van der Waals surface area contributed by atoms with E-state index in [9.17, 15) is 9.18 Å². The number of rotatable bonds is 1. The van der Waals surface area contributed by atoms with Crippen molar-refractivity contribution in [2.75, 3.05) is 13.1 Å². The average Bonchev–Trinajstić information content (AvgIpc) is 1.99. The van der Waals surface area contributed by atoms with Crippen molar-refractivity contribution in [1.82, 2.24) is 10.6 Å². The molecule has 15 heavy (non-hydrogen) atoms. The van der Waals surface area contributed by atoms with Crippen molar-refractivity contribution >= 4 is 6.09 Å². The second-order valence-corrected chi connectivity index (χ2v) is 4.83. The lowest BCUT2D eigenvalue weighted by molar-refractivity contribution is 0.0486. The largest absolute Gasteiger partial charge is 0.444 e. The zero-order valence-corrected chi connectivity index (χ0v) is 9.47. The van der Waals surface area contributed by atoms with Crippen LogP contribution in [0.3, 0.4) is 0 Å². The highest BCUT2D eigenvalue weighted by Gasteiger charge is 2.24. The zero-order chi connectivity index (χ0) is 11.5. The van der Waals surface area contributed by atoms with Gasteiger partial charge in [-0.05, 0) is 20.8 Å². The summed E-state index contributed by atoms with van der Waals surface area (Å²) >= 11 is 0. The predicted molar refractivity (Wildman–Crippen MR) is 55.5 cm³/mol. The Morgan fingerprint density at radius 3 is 2.67 bits per heavy atom. The van der Waals surface area contributed by atoms with E-state index in [-0.39, 0.29) is 6.04 Å². The van der Waals surface area contributed by atoms with E-state index < -0.39 is 17.9 Å². The third-order valence-electron chi connectivity index (χ3n) is 2.02. The van der Waals surface area contributed by atoms with Crippen molar-refractivity contribution in [3.63, 3.8) is 0 Å². The Balaban J connectivity index is 2.31. The summed E-state index contributed by atoms with van der Waals surface area (Å²) in [5.74, 6) is 0. The molecule has 0 aromatic carbocycles. The van der Waals surface area contributed by atoms with E-state index in [0.29, 0.717) is 19.5 Å². The van der Waals surface area contributed by atoms with E-state index >= 15 is 0 Å². The summed E-state index contributed by atoms with van der Waals surface area (Å²) in [6.45, 7) is 6.35. The molecule has 0 aliphatic carbocycles.